The number of rotatable bonds is 5. The Bertz CT molecular complexity index is 444. The van der Waals surface area contributed by atoms with Crippen LogP contribution in [0.2, 0.25) is 0 Å². The van der Waals surface area contributed by atoms with Crippen molar-refractivity contribution in [1.29, 1.82) is 0 Å². The number of hydrogen-bond donors (Lipinski definition) is 3. The van der Waals surface area contributed by atoms with Gasteiger partial charge in [0.1, 0.15) is 5.75 Å². The second kappa shape index (κ2) is 6.02. The molecule has 1 amide bonds. The summed E-state index contributed by atoms with van der Waals surface area (Å²) < 4.78 is 4.96. The van der Waals surface area contributed by atoms with Crippen LogP contribution in [0.3, 0.4) is 0 Å². The monoisotopic (exact) mass is 253 g/mol. The van der Waals surface area contributed by atoms with E-state index in [-0.39, 0.29) is 5.56 Å². The normalized spacial score (nSPS) is 13.5. The summed E-state index contributed by atoms with van der Waals surface area (Å²) in [6, 6.07) is 4.95. The van der Waals surface area contributed by atoms with E-state index in [9.17, 15) is 14.7 Å². The van der Waals surface area contributed by atoms with E-state index >= 15 is 0 Å². The van der Waals surface area contributed by atoms with Crippen LogP contribution >= 0.6 is 0 Å². The molecule has 0 unspecified atom stereocenters. The van der Waals surface area contributed by atoms with Gasteiger partial charge in [0.15, 0.2) is 6.04 Å². The molecule has 1 aromatic rings. The molecular formula is C12H15NO5. The van der Waals surface area contributed by atoms with Gasteiger partial charge in [0.05, 0.1) is 13.2 Å². The van der Waals surface area contributed by atoms with E-state index < -0.39 is 24.0 Å². The third-order valence-corrected chi connectivity index (χ3v) is 2.37. The number of carboxylic acids is 1. The number of aliphatic carboxylic acids is 1. The maximum Gasteiger partial charge on any atom is 0.328 e. The Balaban J connectivity index is 2.83. The molecule has 0 aliphatic carbocycles. The maximum absolute atomic E-state index is 11.8. The summed E-state index contributed by atoms with van der Waals surface area (Å²) >= 11 is 0. The fourth-order valence-electron chi connectivity index (χ4n) is 1.38. The third kappa shape index (κ3) is 3.46. The van der Waals surface area contributed by atoms with Crippen molar-refractivity contribution in [2.24, 2.45) is 0 Å². The summed E-state index contributed by atoms with van der Waals surface area (Å²) in [5.74, 6) is -1.38. The molecule has 0 spiro atoms. The van der Waals surface area contributed by atoms with E-state index in [2.05, 4.69) is 5.32 Å². The van der Waals surface area contributed by atoms with Crippen LogP contribution < -0.4 is 10.1 Å². The second-order valence-electron chi connectivity index (χ2n) is 3.76. The zero-order valence-electron chi connectivity index (χ0n) is 10.1. The lowest BCUT2D eigenvalue weighted by atomic mass is 10.1. The first-order valence-corrected chi connectivity index (χ1v) is 5.31. The highest BCUT2D eigenvalue weighted by Crippen LogP contribution is 2.12. The number of aliphatic hydroxyl groups is 1. The van der Waals surface area contributed by atoms with E-state index in [0.717, 1.165) is 0 Å². The van der Waals surface area contributed by atoms with Crippen LogP contribution in [0.4, 0.5) is 0 Å². The lowest BCUT2D eigenvalue weighted by Gasteiger charge is -2.17. The van der Waals surface area contributed by atoms with Gasteiger partial charge in [0, 0.05) is 5.56 Å². The number of methoxy groups -OCH3 is 1. The average Bonchev–Trinajstić information content (AvgIpc) is 2.34. The Morgan fingerprint density at radius 2 is 2.06 bits per heavy atom. The second-order valence-corrected chi connectivity index (χ2v) is 3.76. The van der Waals surface area contributed by atoms with Crippen LogP contribution in [0, 0.1) is 0 Å². The van der Waals surface area contributed by atoms with Gasteiger partial charge in [-0.25, -0.2) is 4.79 Å². The van der Waals surface area contributed by atoms with Crippen molar-refractivity contribution in [1.82, 2.24) is 5.32 Å². The summed E-state index contributed by atoms with van der Waals surface area (Å²) in [5.41, 5.74) is 0.265. The smallest absolute Gasteiger partial charge is 0.328 e. The molecule has 0 bridgehead atoms. The van der Waals surface area contributed by atoms with E-state index in [4.69, 9.17) is 9.84 Å². The molecule has 0 aliphatic rings. The third-order valence-electron chi connectivity index (χ3n) is 2.37. The Morgan fingerprint density at radius 3 is 2.56 bits per heavy atom. The first-order valence-electron chi connectivity index (χ1n) is 5.31. The zero-order valence-corrected chi connectivity index (χ0v) is 10.1. The minimum atomic E-state index is -1.34. The molecule has 0 aliphatic heterocycles. The van der Waals surface area contributed by atoms with Crippen LogP contribution in [0.25, 0.3) is 0 Å². The number of ether oxygens (including phenoxy) is 1. The number of carboxylic acid groups (broad SMARTS) is 1. The number of carbonyl (C=O) groups excluding carboxylic acids is 1. The highest BCUT2D eigenvalue weighted by molar-refractivity contribution is 5.97. The molecule has 1 rings (SSSR count). The van der Waals surface area contributed by atoms with Crippen molar-refractivity contribution < 1.29 is 24.5 Å². The van der Waals surface area contributed by atoms with Gasteiger partial charge in [-0.15, -0.1) is 0 Å². The number of hydrogen-bond acceptors (Lipinski definition) is 4. The van der Waals surface area contributed by atoms with Gasteiger partial charge < -0.3 is 20.3 Å². The lowest BCUT2D eigenvalue weighted by Crippen LogP contribution is -2.47. The highest BCUT2D eigenvalue weighted by Gasteiger charge is 2.25. The molecule has 98 valence electrons. The molecule has 3 N–H and O–H groups in total. The van der Waals surface area contributed by atoms with E-state index in [1.165, 1.54) is 26.2 Å². The minimum absolute atomic E-state index is 0.265. The average molecular weight is 253 g/mol. The quantitative estimate of drug-likeness (QED) is 0.699. The van der Waals surface area contributed by atoms with Crippen LogP contribution in [0.5, 0.6) is 5.75 Å². The maximum atomic E-state index is 11.8. The predicted octanol–water partition coefficient (Wildman–Crippen LogP) is 0.259. The van der Waals surface area contributed by atoms with Crippen molar-refractivity contribution in [3.8, 4) is 5.75 Å². The molecule has 18 heavy (non-hydrogen) atoms. The fraction of sp³-hybridized carbons (Fsp3) is 0.333. The van der Waals surface area contributed by atoms with Crippen LogP contribution in [-0.2, 0) is 4.79 Å². The van der Waals surface area contributed by atoms with Crippen molar-refractivity contribution in [2.45, 2.75) is 19.1 Å². The Morgan fingerprint density at radius 1 is 1.39 bits per heavy atom. The molecule has 1 aromatic carbocycles. The summed E-state index contributed by atoms with van der Waals surface area (Å²) in [6.07, 6.45) is -1.18. The summed E-state index contributed by atoms with van der Waals surface area (Å²) in [7, 11) is 1.47. The summed E-state index contributed by atoms with van der Waals surface area (Å²) in [5, 5.41) is 20.3. The SMILES string of the molecule is COc1cccc(C(=O)N[C@H](C(=O)O)[C@@H](C)O)c1. The highest BCUT2D eigenvalue weighted by atomic mass is 16.5. The minimum Gasteiger partial charge on any atom is -0.497 e. The molecule has 6 heteroatoms. The molecule has 2 atom stereocenters. The van der Waals surface area contributed by atoms with Crippen molar-refractivity contribution in [3.63, 3.8) is 0 Å². The van der Waals surface area contributed by atoms with Gasteiger partial charge in [-0.1, -0.05) is 6.07 Å². The fourth-order valence-corrected chi connectivity index (χ4v) is 1.38. The Kier molecular flexibility index (Phi) is 4.67. The van der Waals surface area contributed by atoms with E-state index in [0.29, 0.717) is 5.75 Å². The topological polar surface area (TPSA) is 95.9 Å². The summed E-state index contributed by atoms with van der Waals surface area (Å²) in [4.78, 5) is 22.6. The van der Waals surface area contributed by atoms with Gasteiger partial charge in [0.25, 0.3) is 5.91 Å². The van der Waals surface area contributed by atoms with E-state index in [1.54, 1.807) is 12.1 Å². The molecule has 6 nitrogen and oxygen atoms in total. The standard InChI is InChI=1S/C12H15NO5/c1-7(14)10(12(16)17)13-11(15)8-4-3-5-9(6-8)18-2/h3-7,10,14H,1-2H3,(H,13,15)(H,16,17)/t7-,10+/m1/s1. The van der Waals surface area contributed by atoms with Crippen molar-refractivity contribution in [3.05, 3.63) is 29.8 Å². The summed E-state index contributed by atoms with van der Waals surface area (Å²) in [6.45, 7) is 1.30. The molecule has 0 aromatic heterocycles. The van der Waals surface area contributed by atoms with E-state index in [1.807, 2.05) is 0 Å². The Labute approximate surface area is 104 Å². The van der Waals surface area contributed by atoms with Gasteiger partial charge in [-0.2, -0.15) is 0 Å². The molecular weight excluding hydrogens is 238 g/mol. The number of benzene rings is 1. The number of nitrogens with one attached hydrogen (secondary N) is 1. The number of aliphatic hydroxyl groups excluding tert-OH is 1. The number of amides is 1. The number of carbonyl (C=O) groups is 2. The lowest BCUT2D eigenvalue weighted by molar-refractivity contribution is -0.141. The van der Waals surface area contributed by atoms with Gasteiger partial charge in [-0.3, -0.25) is 4.79 Å². The van der Waals surface area contributed by atoms with Crippen LogP contribution in [0.1, 0.15) is 17.3 Å². The Hall–Kier alpha value is -2.08. The van der Waals surface area contributed by atoms with Gasteiger partial charge in [0.2, 0.25) is 0 Å². The largest absolute Gasteiger partial charge is 0.497 e. The van der Waals surface area contributed by atoms with Crippen molar-refractivity contribution in [2.75, 3.05) is 7.11 Å². The first-order chi connectivity index (χ1) is 8.45. The van der Waals surface area contributed by atoms with Crippen LogP contribution in [0.15, 0.2) is 24.3 Å². The molecule has 0 saturated carbocycles. The molecule has 0 saturated heterocycles. The molecule has 0 heterocycles. The molecule has 0 radical (unpaired) electrons. The van der Waals surface area contributed by atoms with Gasteiger partial charge >= 0.3 is 5.97 Å². The predicted molar refractivity (Wildman–Crippen MR) is 63.6 cm³/mol. The first kappa shape index (κ1) is 14.0. The molecule has 0 fully saturated rings. The van der Waals surface area contributed by atoms with Crippen LogP contribution in [-0.4, -0.2) is 41.3 Å². The zero-order chi connectivity index (χ0) is 13.7. The van der Waals surface area contributed by atoms with Gasteiger partial charge in [-0.05, 0) is 25.1 Å². The van der Waals surface area contributed by atoms with Crippen molar-refractivity contribution >= 4 is 11.9 Å².